The molecule has 1 aromatic heterocycles. The van der Waals surface area contributed by atoms with Crippen LogP contribution < -0.4 is 15.6 Å². The zero-order chi connectivity index (χ0) is 29.9. The summed E-state index contributed by atoms with van der Waals surface area (Å²) in [4.78, 5) is 31.2. The first-order valence-corrected chi connectivity index (χ1v) is 15.4. The number of amides is 1. The molecule has 1 amide bonds. The summed E-state index contributed by atoms with van der Waals surface area (Å²) in [6.07, 6.45) is 7.36. The van der Waals surface area contributed by atoms with Gasteiger partial charge in [-0.25, -0.2) is 4.98 Å². The average Bonchev–Trinajstić information content (AvgIpc) is 3.70. The van der Waals surface area contributed by atoms with Gasteiger partial charge in [-0.1, -0.05) is 61.9 Å². The summed E-state index contributed by atoms with van der Waals surface area (Å²) in [5.41, 5.74) is 7.20. The number of hydrogen-bond acceptors (Lipinski definition) is 5. The molecule has 2 heterocycles. The number of aromatic nitrogens is 2. The SMILES string of the molecule is BC(=O)NC(=N)c1ccccc1-c1ccc(Cc2c(CCCC)nc(CC3CC3)n(-c3ccc4c(c3)CCO4)c2=O)cc1. The molecular weight excluding hydrogens is 535 g/mol. The molecule has 1 aliphatic heterocycles. The van der Waals surface area contributed by atoms with Crippen molar-refractivity contribution in [2.24, 2.45) is 5.92 Å². The van der Waals surface area contributed by atoms with E-state index in [4.69, 9.17) is 15.1 Å². The highest BCUT2D eigenvalue weighted by Gasteiger charge is 2.27. The van der Waals surface area contributed by atoms with Crippen molar-refractivity contribution in [1.29, 1.82) is 5.41 Å². The summed E-state index contributed by atoms with van der Waals surface area (Å²) in [7, 11) is 1.40. The average molecular weight is 573 g/mol. The van der Waals surface area contributed by atoms with E-state index >= 15 is 0 Å². The third-order valence-corrected chi connectivity index (χ3v) is 8.34. The van der Waals surface area contributed by atoms with Gasteiger partial charge in [0.15, 0.2) is 5.81 Å². The maximum Gasteiger partial charge on any atom is 0.261 e. The van der Waals surface area contributed by atoms with E-state index in [0.717, 1.165) is 82.9 Å². The molecule has 1 saturated carbocycles. The number of benzene rings is 3. The second-order valence-corrected chi connectivity index (χ2v) is 11.7. The van der Waals surface area contributed by atoms with E-state index in [1.54, 1.807) is 0 Å². The Morgan fingerprint density at radius 3 is 2.65 bits per heavy atom. The van der Waals surface area contributed by atoms with Crippen molar-refractivity contribution in [2.75, 3.05) is 6.61 Å². The third-order valence-electron chi connectivity index (χ3n) is 8.34. The molecule has 43 heavy (non-hydrogen) atoms. The Morgan fingerprint density at radius 2 is 1.91 bits per heavy atom. The molecule has 2 aliphatic rings. The van der Waals surface area contributed by atoms with Gasteiger partial charge in [0.2, 0.25) is 7.85 Å². The standard InChI is InChI=1S/C35H37BN4O3/c1-2-3-8-30-29(19-22-11-13-24(14-12-22)27-6-4-5-7-28(27)33(37)39-35(36)42)34(41)40(32(38-30)20-23-9-10-23)26-15-16-31-25(21-26)17-18-43-31/h4-7,11-16,21,23H,2-3,8-10,17-20,36H2,1H3,(H2,37,39,42). The number of amidine groups is 1. The molecule has 0 bridgehead atoms. The van der Waals surface area contributed by atoms with Crippen molar-refractivity contribution in [3.63, 3.8) is 0 Å². The highest BCUT2D eigenvalue weighted by atomic mass is 16.5. The monoisotopic (exact) mass is 572 g/mol. The lowest BCUT2D eigenvalue weighted by Gasteiger charge is -2.18. The highest BCUT2D eigenvalue weighted by Crippen LogP contribution is 2.34. The van der Waals surface area contributed by atoms with E-state index in [1.807, 2.05) is 65.2 Å². The van der Waals surface area contributed by atoms with Gasteiger partial charge in [-0.05, 0) is 72.1 Å². The van der Waals surface area contributed by atoms with E-state index in [1.165, 1.54) is 20.7 Å². The van der Waals surface area contributed by atoms with Gasteiger partial charge in [0.25, 0.3) is 5.56 Å². The molecule has 6 rings (SSSR count). The molecule has 0 saturated heterocycles. The summed E-state index contributed by atoms with van der Waals surface area (Å²) >= 11 is 0. The number of nitrogens with zero attached hydrogens (tertiary/aromatic N) is 2. The predicted molar refractivity (Wildman–Crippen MR) is 173 cm³/mol. The van der Waals surface area contributed by atoms with Crippen LogP contribution in [-0.2, 0) is 25.7 Å². The van der Waals surface area contributed by atoms with Gasteiger partial charge in [-0.3, -0.25) is 19.6 Å². The minimum atomic E-state index is -0.273. The second kappa shape index (κ2) is 12.4. The molecule has 0 unspecified atom stereocenters. The lowest BCUT2D eigenvalue weighted by atomic mass is 9.95. The molecule has 1 aliphatic carbocycles. The number of carbonyl (C=O) groups is 1. The Morgan fingerprint density at radius 1 is 1.12 bits per heavy atom. The molecular formula is C35H37BN4O3. The van der Waals surface area contributed by atoms with Gasteiger partial charge in [-0.15, -0.1) is 0 Å². The Labute approximate surface area is 253 Å². The van der Waals surface area contributed by atoms with Gasteiger partial charge in [0, 0.05) is 30.4 Å². The van der Waals surface area contributed by atoms with Crippen LogP contribution in [0.15, 0.2) is 71.5 Å². The van der Waals surface area contributed by atoms with Crippen LogP contribution in [0.1, 0.15) is 66.4 Å². The fraction of sp³-hybridized carbons (Fsp3) is 0.314. The Bertz CT molecular complexity index is 1740. The van der Waals surface area contributed by atoms with Crippen LogP contribution in [-0.4, -0.2) is 35.6 Å². The first-order chi connectivity index (χ1) is 20.9. The van der Waals surface area contributed by atoms with Gasteiger partial charge in [0.1, 0.15) is 17.4 Å². The van der Waals surface area contributed by atoms with Crippen molar-refractivity contribution in [3.05, 3.63) is 111 Å². The maximum atomic E-state index is 14.4. The van der Waals surface area contributed by atoms with E-state index < -0.39 is 0 Å². The number of nitrogens with one attached hydrogen (secondary N) is 2. The van der Waals surface area contributed by atoms with E-state index in [0.29, 0.717) is 24.5 Å². The van der Waals surface area contributed by atoms with Crippen molar-refractivity contribution >= 4 is 19.5 Å². The number of rotatable bonds is 10. The first kappa shape index (κ1) is 28.7. The molecule has 0 atom stereocenters. The van der Waals surface area contributed by atoms with Crippen molar-refractivity contribution < 1.29 is 9.53 Å². The topological polar surface area (TPSA) is 97.1 Å². The minimum Gasteiger partial charge on any atom is -0.493 e. The molecule has 3 aromatic carbocycles. The number of fused-ring (bicyclic) bond motifs is 1. The van der Waals surface area contributed by atoms with E-state index in [9.17, 15) is 9.59 Å². The lowest BCUT2D eigenvalue weighted by Crippen LogP contribution is -2.30. The van der Waals surface area contributed by atoms with E-state index in [-0.39, 0.29) is 17.2 Å². The molecule has 2 N–H and O–H groups in total. The molecule has 4 aromatic rings. The Kier molecular flexibility index (Phi) is 8.28. The second-order valence-electron chi connectivity index (χ2n) is 11.7. The summed E-state index contributed by atoms with van der Waals surface area (Å²) in [5, 5.41) is 10.9. The molecule has 0 radical (unpaired) electrons. The highest BCUT2D eigenvalue weighted by molar-refractivity contribution is 6.58. The number of aryl methyl sites for hydroxylation is 1. The third kappa shape index (κ3) is 6.33. The molecule has 8 heteroatoms. The lowest BCUT2D eigenvalue weighted by molar-refractivity contribution is 0.263. The van der Waals surface area contributed by atoms with E-state index in [2.05, 4.69) is 18.3 Å². The fourth-order valence-electron chi connectivity index (χ4n) is 5.88. The Balaban J connectivity index is 1.37. The predicted octanol–water partition coefficient (Wildman–Crippen LogP) is 5.39. The minimum absolute atomic E-state index is 0.0220. The van der Waals surface area contributed by atoms with Gasteiger partial charge >= 0.3 is 0 Å². The fourth-order valence-corrected chi connectivity index (χ4v) is 5.88. The molecule has 1 fully saturated rings. The van der Waals surface area contributed by atoms with Crippen LogP contribution in [0.25, 0.3) is 16.8 Å². The van der Waals surface area contributed by atoms with Gasteiger partial charge in [-0.2, -0.15) is 0 Å². The maximum absolute atomic E-state index is 14.4. The smallest absolute Gasteiger partial charge is 0.261 e. The van der Waals surface area contributed by atoms with Gasteiger partial charge < -0.3 is 10.1 Å². The Hall–Kier alpha value is -4.46. The van der Waals surface area contributed by atoms with Crippen LogP contribution in [0, 0.1) is 11.3 Å². The van der Waals surface area contributed by atoms with Crippen molar-refractivity contribution in [2.45, 2.75) is 58.3 Å². The summed E-state index contributed by atoms with van der Waals surface area (Å²) < 4.78 is 7.60. The normalized spacial score (nSPS) is 13.8. The molecule has 218 valence electrons. The van der Waals surface area contributed by atoms with Crippen LogP contribution in [0.2, 0.25) is 0 Å². The largest absolute Gasteiger partial charge is 0.493 e. The van der Waals surface area contributed by atoms with Crippen LogP contribution >= 0.6 is 0 Å². The number of carbonyl (C=O) groups excluding carboxylic acids is 1. The van der Waals surface area contributed by atoms with Crippen LogP contribution in [0.4, 0.5) is 4.79 Å². The summed E-state index contributed by atoms with van der Waals surface area (Å²) in [5.74, 6) is 2.17. The first-order valence-electron chi connectivity index (χ1n) is 15.4. The summed E-state index contributed by atoms with van der Waals surface area (Å²) in [6, 6.07) is 21.8. The quantitative estimate of drug-likeness (QED) is 0.151. The molecule has 0 spiro atoms. The number of hydrogen-bond donors (Lipinski definition) is 2. The molecule has 7 nitrogen and oxygen atoms in total. The number of unbranched alkanes of at least 4 members (excludes halogenated alkanes) is 1. The van der Waals surface area contributed by atoms with Crippen LogP contribution in [0.5, 0.6) is 5.75 Å². The van der Waals surface area contributed by atoms with Gasteiger partial charge in [0.05, 0.1) is 18.0 Å². The zero-order valence-corrected chi connectivity index (χ0v) is 24.9. The zero-order valence-electron chi connectivity index (χ0n) is 24.9. The summed E-state index contributed by atoms with van der Waals surface area (Å²) in [6.45, 7) is 2.84. The van der Waals surface area contributed by atoms with Crippen LogP contribution in [0.3, 0.4) is 0 Å². The van der Waals surface area contributed by atoms with Crippen molar-refractivity contribution in [3.8, 4) is 22.6 Å². The number of ether oxygens (including phenoxy) is 1. The van der Waals surface area contributed by atoms with Crippen molar-refractivity contribution in [1.82, 2.24) is 14.9 Å².